The number of nitrogen functional groups attached to an aromatic ring is 1. The van der Waals surface area contributed by atoms with E-state index in [2.05, 4.69) is 0 Å². The minimum atomic E-state index is -1.01. The van der Waals surface area contributed by atoms with Crippen molar-refractivity contribution in [3.05, 3.63) is 29.8 Å². The van der Waals surface area contributed by atoms with E-state index in [0.717, 1.165) is 5.56 Å². The van der Waals surface area contributed by atoms with Gasteiger partial charge in [-0.2, -0.15) is 0 Å². The summed E-state index contributed by atoms with van der Waals surface area (Å²) in [5.74, 6) is -0.641. The molecule has 3 aliphatic rings. The van der Waals surface area contributed by atoms with Gasteiger partial charge in [0.1, 0.15) is 0 Å². The van der Waals surface area contributed by atoms with Crippen molar-refractivity contribution < 1.29 is 14.2 Å². The van der Waals surface area contributed by atoms with Crippen molar-refractivity contribution in [2.24, 2.45) is 5.92 Å². The fraction of sp³-hybridized carbons (Fsp3) is 0.455. The molecule has 4 nitrogen and oxygen atoms in total. The van der Waals surface area contributed by atoms with Crippen molar-refractivity contribution in [2.75, 3.05) is 25.6 Å². The summed E-state index contributed by atoms with van der Waals surface area (Å²) in [6, 6.07) is 7.43. The lowest BCUT2D eigenvalue weighted by atomic mass is 10.1. The van der Waals surface area contributed by atoms with Crippen LogP contribution in [0, 0.1) is 5.92 Å². The molecule has 80 valence electrons. The third kappa shape index (κ3) is 1.42. The van der Waals surface area contributed by atoms with Gasteiger partial charge in [0, 0.05) is 17.2 Å². The lowest BCUT2D eigenvalue weighted by Gasteiger charge is -2.45. The molecule has 0 atom stereocenters. The van der Waals surface area contributed by atoms with Crippen LogP contribution in [-0.2, 0) is 20.2 Å². The predicted octanol–water partition coefficient (Wildman–Crippen LogP) is 1.07. The van der Waals surface area contributed by atoms with Gasteiger partial charge >= 0.3 is 5.97 Å². The van der Waals surface area contributed by atoms with E-state index in [1.165, 1.54) is 0 Å². The van der Waals surface area contributed by atoms with E-state index in [-0.39, 0.29) is 0 Å². The van der Waals surface area contributed by atoms with Crippen LogP contribution in [-0.4, -0.2) is 19.8 Å². The molecule has 3 aliphatic heterocycles. The summed E-state index contributed by atoms with van der Waals surface area (Å²) in [7, 11) is 0. The zero-order valence-corrected chi connectivity index (χ0v) is 8.31. The molecule has 0 saturated carbocycles. The summed E-state index contributed by atoms with van der Waals surface area (Å²) in [5, 5.41) is 0. The average molecular weight is 207 g/mol. The van der Waals surface area contributed by atoms with Crippen LogP contribution in [0.2, 0.25) is 0 Å². The topological polar surface area (TPSA) is 53.7 Å². The summed E-state index contributed by atoms with van der Waals surface area (Å²) in [5.41, 5.74) is 7.24. The van der Waals surface area contributed by atoms with Crippen molar-refractivity contribution in [1.29, 1.82) is 0 Å². The van der Waals surface area contributed by atoms with Crippen LogP contribution in [0.4, 0.5) is 5.69 Å². The second-order valence-electron chi connectivity index (χ2n) is 3.98. The Morgan fingerprint density at radius 2 is 1.80 bits per heavy atom. The molecule has 0 amide bonds. The van der Waals surface area contributed by atoms with Crippen LogP contribution in [0.25, 0.3) is 0 Å². The van der Waals surface area contributed by atoms with E-state index in [1.807, 2.05) is 24.3 Å². The van der Waals surface area contributed by atoms with Crippen LogP contribution in [0.5, 0.6) is 0 Å². The van der Waals surface area contributed by atoms with E-state index >= 15 is 0 Å². The van der Waals surface area contributed by atoms with E-state index in [9.17, 15) is 0 Å². The largest absolute Gasteiger partial charge is 0.399 e. The quantitative estimate of drug-likeness (QED) is 0.700. The van der Waals surface area contributed by atoms with Gasteiger partial charge in [0.25, 0.3) is 0 Å². The van der Waals surface area contributed by atoms with Gasteiger partial charge in [-0.1, -0.05) is 12.1 Å². The number of benzene rings is 1. The maximum Gasteiger partial charge on any atom is 0.312 e. The Hall–Kier alpha value is -1.10. The zero-order valence-electron chi connectivity index (χ0n) is 8.31. The van der Waals surface area contributed by atoms with Gasteiger partial charge in [-0.3, -0.25) is 0 Å². The first-order valence-electron chi connectivity index (χ1n) is 5.06. The minimum absolute atomic E-state index is 0.368. The molecular weight excluding hydrogens is 194 g/mol. The monoisotopic (exact) mass is 207 g/mol. The Kier molecular flexibility index (Phi) is 1.95. The summed E-state index contributed by atoms with van der Waals surface area (Å²) >= 11 is 0. The maximum atomic E-state index is 5.73. The second-order valence-corrected chi connectivity index (χ2v) is 3.98. The van der Waals surface area contributed by atoms with E-state index < -0.39 is 5.97 Å². The lowest BCUT2D eigenvalue weighted by molar-refractivity contribution is -0.460. The molecule has 0 aromatic heterocycles. The number of nitrogens with two attached hydrogens (primary N) is 1. The van der Waals surface area contributed by atoms with Gasteiger partial charge in [-0.25, -0.2) is 0 Å². The molecule has 0 radical (unpaired) electrons. The first kappa shape index (κ1) is 9.15. The van der Waals surface area contributed by atoms with Crippen molar-refractivity contribution in [3.63, 3.8) is 0 Å². The van der Waals surface area contributed by atoms with E-state index in [1.54, 1.807) is 0 Å². The van der Waals surface area contributed by atoms with Crippen LogP contribution in [0.3, 0.4) is 0 Å². The Morgan fingerprint density at radius 1 is 1.13 bits per heavy atom. The van der Waals surface area contributed by atoms with Gasteiger partial charge < -0.3 is 19.9 Å². The molecule has 0 unspecified atom stereocenters. The highest BCUT2D eigenvalue weighted by molar-refractivity contribution is 5.41. The molecular formula is C11H13NO3. The van der Waals surface area contributed by atoms with Crippen LogP contribution in [0.15, 0.2) is 24.3 Å². The number of hydrogen-bond donors (Lipinski definition) is 1. The van der Waals surface area contributed by atoms with Crippen molar-refractivity contribution in [3.8, 4) is 0 Å². The Labute approximate surface area is 87.9 Å². The molecule has 3 heterocycles. The van der Waals surface area contributed by atoms with Gasteiger partial charge in [-0.05, 0) is 12.1 Å². The highest BCUT2D eigenvalue weighted by atomic mass is 16.9. The average Bonchev–Trinajstić information content (AvgIpc) is 2.31. The van der Waals surface area contributed by atoms with E-state index in [0.29, 0.717) is 31.4 Å². The molecule has 2 N–H and O–H groups in total. The first-order chi connectivity index (χ1) is 7.28. The summed E-state index contributed by atoms with van der Waals surface area (Å²) < 4.78 is 16.8. The number of hydrogen-bond acceptors (Lipinski definition) is 4. The Morgan fingerprint density at radius 3 is 2.40 bits per heavy atom. The summed E-state index contributed by atoms with van der Waals surface area (Å²) in [6.45, 7) is 2.07. The number of rotatable bonds is 1. The molecule has 2 bridgehead atoms. The third-order valence-corrected chi connectivity index (χ3v) is 2.77. The highest BCUT2D eigenvalue weighted by Gasteiger charge is 2.46. The van der Waals surface area contributed by atoms with Crippen molar-refractivity contribution in [2.45, 2.75) is 5.97 Å². The third-order valence-electron chi connectivity index (χ3n) is 2.77. The molecule has 4 heteroatoms. The smallest absolute Gasteiger partial charge is 0.312 e. The number of anilines is 1. The SMILES string of the molecule is Nc1cccc(C23OCC(CO2)CO3)c1. The van der Waals surface area contributed by atoms with Crippen LogP contribution < -0.4 is 5.73 Å². The molecule has 4 rings (SSSR count). The van der Waals surface area contributed by atoms with Gasteiger partial charge in [0.2, 0.25) is 0 Å². The standard InChI is InChI=1S/C11H13NO3/c12-10-3-1-2-9(4-10)11-13-5-8(6-14-11)7-15-11/h1-4,8H,5-7,12H2. The fourth-order valence-electron chi connectivity index (χ4n) is 1.93. The lowest BCUT2D eigenvalue weighted by Crippen LogP contribution is -2.51. The second kappa shape index (κ2) is 3.20. The normalized spacial score (nSPS) is 34.3. The highest BCUT2D eigenvalue weighted by Crippen LogP contribution is 2.38. The fourth-order valence-corrected chi connectivity index (χ4v) is 1.93. The summed E-state index contributed by atoms with van der Waals surface area (Å²) in [4.78, 5) is 0. The predicted molar refractivity (Wildman–Crippen MR) is 53.9 cm³/mol. The molecule has 15 heavy (non-hydrogen) atoms. The van der Waals surface area contributed by atoms with Crippen molar-refractivity contribution >= 4 is 5.69 Å². The first-order valence-corrected chi connectivity index (χ1v) is 5.06. The van der Waals surface area contributed by atoms with Crippen LogP contribution in [0.1, 0.15) is 5.56 Å². The maximum absolute atomic E-state index is 5.73. The zero-order chi connectivity index (χ0) is 10.3. The van der Waals surface area contributed by atoms with Gasteiger partial charge in [-0.15, -0.1) is 0 Å². The van der Waals surface area contributed by atoms with Gasteiger partial charge in [0.05, 0.1) is 19.8 Å². The van der Waals surface area contributed by atoms with Gasteiger partial charge in [0.15, 0.2) is 0 Å². The minimum Gasteiger partial charge on any atom is -0.399 e. The molecule has 0 aliphatic carbocycles. The van der Waals surface area contributed by atoms with E-state index in [4.69, 9.17) is 19.9 Å². The van der Waals surface area contributed by atoms with Crippen molar-refractivity contribution in [1.82, 2.24) is 0 Å². The molecule has 3 fully saturated rings. The molecule has 3 saturated heterocycles. The molecule has 1 aromatic carbocycles. The Balaban J connectivity index is 1.97. The number of fused-ring (bicyclic) bond motifs is 3. The summed E-state index contributed by atoms with van der Waals surface area (Å²) in [6.07, 6.45) is 0. The molecule has 0 spiro atoms. The molecule has 1 aromatic rings. The Bertz CT molecular complexity index is 358. The van der Waals surface area contributed by atoms with Crippen LogP contribution >= 0.6 is 0 Å². The number of ether oxygens (including phenoxy) is 3.